The van der Waals surface area contributed by atoms with Crippen LogP contribution >= 0.6 is 0 Å². The molecule has 0 aliphatic carbocycles. The number of nitrogens with two attached hydrogens (primary N) is 1. The fraction of sp³-hybridized carbons (Fsp3) is 0.583. The molecule has 1 aromatic heterocycles. The third-order valence-electron chi connectivity index (χ3n) is 2.37. The van der Waals surface area contributed by atoms with Crippen LogP contribution < -0.4 is 16.0 Å². The highest BCUT2D eigenvalue weighted by Gasteiger charge is 2.10. The number of carbonyl (C=O) groups excluding carboxylic acids is 1. The Labute approximate surface area is 113 Å². The van der Waals surface area contributed by atoms with Crippen molar-refractivity contribution < 1.29 is 9.53 Å². The third-order valence-corrected chi connectivity index (χ3v) is 2.37. The SMILES string of the molecule is CCCNc1cc(N(C)CC(N)=O)nc(COC)n1. The number of nitrogens with one attached hydrogen (secondary N) is 1. The molecule has 7 nitrogen and oxygen atoms in total. The van der Waals surface area contributed by atoms with Crippen LogP contribution in [0.2, 0.25) is 0 Å². The Hall–Kier alpha value is -1.89. The number of methoxy groups -OCH3 is 1. The minimum atomic E-state index is -0.405. The molecule has 0 unspecified atom stereocenters. The molecular weight excluding hydrogens is 246 g/mol. The van der Waals surface area contributed by atoms with Crippen molar-refractivity contribution >= 4 is 17.5 Å². The molecule has 7 heteroatoms. The highest BCUT2D eigenvalue weighted by molar-refractivity contribution is 5.79. The minimum Gasteiger partial charge on any atom is -0.377 e. The molecule has 19 heavy (non-hydrogen) atoms. The van der Waals surface area contributed by atoms with Gasteiger partial charge in [-0.3, -0.25) is 4.79 Å². The van der Waals surface area contributed by atoms with Crippen molar-refractivity contribution in [3.8, 4) is 0 Å². The lowest BCUT2D eigenvalue weighted by molar-refractivity contribution is -0.116. The molecule has 0 aliphatic rings. The summed E-state index contributed by atoms with van der Waals surface area (Å²) in [5, 5.41) is 3.19. The van der Waals surface area contributed by atoms with Crippen LogP contribution in [0.5, 0.6) is 0 Å². The summed E-state index contributed by atoms with van der Waals surface area (Å²) in [5.41, 5.74) is 5.18. The van der Waals surface area contributed by atoms with Gasteiger partial charge in [0.05, 0.1) is 6.54 Å². The summed E-state index contributed by atoms with van der Waals surface area (Å²) >= 11 is 0. The zero-order chi connectivity index (χ0) is 14.3. The van der Waals surface area contributed by atoms with Gasteiger partial charge in [-0.15, -0.1) is 0 Å². The molecule has 0 radical (unpaired) electrons. The zero-order valence-corrected chi connectivity index (χ0v) is 11.6. The van der Waals surface area contributed by atoms with Gasteiger partial charge in [-0.25, -0.2) is 9.97 Å². The van der Waals surface area contributed by atoms with E-state index in [1.54, 1.807) is 25.1 Å². The maximum absolute atomic E-state index is 10.9. The van der Waals surface area contributed by atoms with Gasteiger partial charge < -0.3 is 20.7 Å². The third kappa shape index (κ3) is 5.09. The van der Waals surface area contributed by atoms with Gasteiger partial charge in [0.1, 0.15) is 18.2 Å². The molecule has 0 saturated carbocycles. The minimum absolute atomic E-state index is 0.108. The van der Waals surface area contributed by atoms with Crippen LogP contribution in [0.4, 0.5) is 11.6 Å². The topological polar surface area (TPSA) is 93.4 Å². The van der Waals surface area contributed by atoms with Crippen molar-refractivity contribution in [1.82, 2.24) is 9.97 Å². The lowest BCUT2D eigenvalue weighted by Gasteiger charge is -2.18. The molecule has 1 rings (SSSR count). The molecule has 3 N–H and O–H groups in total. The maximum Gasteiger partial charge on any atom is 0.236 e. The number of aromatic nitrogens is 2. The number of hydrogen-bond acceptors (Lipinski definition) is 6. The molecule has 0 bridgehead atoms. The number of primary amides is 1. The Morgan fingerprint density at radius 1 is 1.53 bits per heavy atom. The zero-order valence-electron chi connectivity index (χ0n) is 11.6. The maximum atomic E-state index is 10.9. The number of nitrogens with zero attached hydrogens (tertiary/aromatic N) is 3. The van der Waals surface area contributed by atoms with E-state index in [-0.39, 0.29) is 6.54 Å². The average molecular weight is 267 g/mol. The molecule has 0 atom stereocenters. The van der Waals surface area contributed by atoms with E-state index in [4.69, 9.17) is 10.5 Å². The summed E-state index contributed by atoms with van der Waals surface area (Å²) in [7, 11) is 3.34. The highest BCUT2D eigenvalue weighted by Crippen LogP contribution is 2.15. The van der Waals surface area contributed by atoms with E-state index in [0.29, 0.717) is 18.2 Å². The van der Waals surface area contributed by atoms with Gasteiger partial charge in [0.15, 0.2) is 5.82 Å². The van der Waals surface area contributed by atoms with Crippen LogP contribution in [-0.4, -0.2) is 43.1 Å². The van der Waals surface area contributed by atoms with Crippen LogP contribution in [0, 0.1) is 0 Å². The Morgan fingerprint density at radius 2 is 2.26 bits per heavy atom. The summed E-state index contributed by atoms with van der Waals surface area (Å²) < 4.78 is 5.04. The Kier molecular flexibility index (Phi) is 6.01. The first-order valence-electron chi connectivity index (χ1n) is 6.17. The monoisotopic (exact) mass is 267 g/mol. The molecule has 0 fully saturated rings. The molecule has 106 valence electrons. The van der Waals surface area contributed by atoms with Gasteiger partial charge in [-0.1, -0.05) is 6.92 Å². The molecule has 1 amide bonds. The summed E-state index contributed by atoms with van der Waals surface area (Å²) in [6.45, 7) is 3.32. The predicted octanol–water partition coefficient (Wildman–Crippen LogP) is 0.366. The summed E-state index contributed by atoms with van der Waals surface area (Å²) in [6.07, 6.45) is 0.996. The fourth-order valence-corrected chi connectivity index (χ4v) is 1.53. The van der Waals surface area contributed by atoms with Crippen LogP contribution in [0.25, 0.3) is 0 Å². The van der Waals surface area contributed by atoms with Gasteiger partial charge in [0.25, 0.3) is 0 Å². The number of ether oxygens (including phenoxy) is 1. The second-order valence-electron chi connectivity index (χ2n) is 4.21. The number of anilines is 2. The molecular formula is C12H21N5O2. The smallest absolute Gasteiger partial charge is 0.236 e. The van der Waals surface area contributed by atoms with Crippen LogP contribution in [0.1, 0.15) is 19.2 Å². The van der Waals surface area contributed by atoms with Gasteiger partial charge >= 0.3 is 0 Å². The summed E-state index contributed by atoms with van der Waals surface area (Å²) in [4.78, 5) is 21.3. The Bertz CT molecular complexity index is 425. The molecule has 0 saturated heterocycles. The number of rotatable bonds is 8. The van der Waals surface area contributed by atoms with Crippen molar-refractivity contribution in [1.29, 1.82) is 0 Å². The molecule has 0 aromatic carbocycles. The first-order valence-corrected chi connectivity index (χ1v) is 6.17. The van der Waals surface area contributed by atoms with Gasteiger partial charge in [0, 0.05) is 26.8 Å². The van der Waals surface area contributed by atoms with Crippen LogP contribution in [0.15, 0.2) is 6.07 Å². The number of amides is 1. The highest BCUT2D eigenvalue weighted by atomic mass is 16.5. The van der Waals surface area contributed by atoms with E-state index in [9.17, 15) is 4.79 Å². The fourth-order valence-electron chi connectivity index (χ4n) is 1.53. The first-order chi connectivity index (χ1) is 9.06. The molecule has 1 aromatic rings. The molecule has 0 spiro atoms. The average Bonchev–Trinajstić information content (AvgIpc) is 2.35. The quantitative estimate of drug-likeness (QED) is 0.706. The van der Waals surface area contributed by atoms with Crippen LogP contribution in [0.3, 0.4) is 0 Å². The summed E-state index contributed by atoms with van der Waals surface area (Å²) in [6, 6.07) is 1.79. The van der Waals surface area contributed by atoms with E-state index in [2.05, 4.69) is 22.2 Å². The second kappa shape index (κ2) is 7.52. The van der Waals surface area contributed by atoms with Gasteiger partial charge in [-0.05, 0) is 6.42 Å². The van der Waals surface area contributed by atoms with E-state index >= 15 is 0 Å². The van der Waals surface area contributed by atoms with Crippen molar-refractivity contribution in [2.75, 3.05) is 37.5 Å². The second-order valence-corrected chi connectivity index (χ2v) is 4.21. The van der Waals surface area contributed by atoms with Crippen molar-refractivity contribution in [3.05, 3.63) is 11.9 Å². The molecule has 0 aliphatic heterocycles. The van der Waals surface area contributed by atoms with Crippen molar-refractivity contribution in [2.24, 2.45) is 5.73 Å². The van der Waals surface area contributed by atoms with Gasteiger partial charge in [-0.2, -0.15) is 0 Å². The Morgan fingerprint density at radius 3 is 2.84 bits per heavy atom. The van der Waals surface area contributed by atoms with Gasteiger partial charge in [0.2, 0.25) is 5.91 Å². The van der Waals surface area contributed by atoms with E-state index in [1.165, 1.54) is 0 Å². The largest absolute Gasteiger partial charge is 0.377 e. The van der Waals surface area contributed by atoms with E-state index in [1.807, 2.05) is 0 Å². The van der Waals surface area contributed by atoms with Crippen molar-refractivity contribution in [2.45, 2.75) is 20.0 Å². The standard InChI is InChI=1S/C12H21N5O2/c1-4-5-14-10-6-12(17(2)7-9(13)18)16-11(15-10)8-19-3/h6H,4-5,7-8H2,1-3H3,(H2,13,18)(H,14,15,16). The molecule has 1 heterocycles. The number of hydrogen-bond donors (Lipinski definition) is 2. The number of carbonyl (C=O) groups is 1. The normalized spacial score (nSPS) is 10.3. The number of likely N-dealkylation sites (N-methyl/N-ethyl adjacent to an activating group) is 1. The first kappa shape index (κ1) is 15.2. The Balaban J connectivity index is 2.94. The van der Waals surface area contributed by atoms with E-state index in [0.717, 1.165) is 18.8 Å². The lowest BCUT2D eigenvalue weighted by Crippen LogP contribution is -2.31. The summed E-state index contributed by atoms with van der Waals surface area (Å²) in [5.74, 6) is 1.52. The van der Waals surface area contributed by atoms with E-state index < -0.39 is 5.91 Å². The van der Waals surface area contributed by atoms with Crippen molar-refractivity contribution in [3.63, 3.8) is 0 Å². The predicted molar refractivity (Wildman–Crippen MR) is 74.0 cm³/mol. The lowest BCUT2D eigenvalue weighted by atomic mass is 10.4. The van der Waals surface area contributed by atoms with Crippen LogP contribution in [-0.2, 0) is 16.1 Å².